The van der Waals surface area contributed by atoms with Crippen LogP contribution in [0.5, 0.6) is 0 Å². The van der Waals surface area contributed by atoms with E-state index in [0.29, 0.717) is 55.4 Å². The number of benzene rings is 2. The van der Waals surface area contributed by atoms with Crippen molar-refractivity contribution >= 4 is 51.7 Å². The van der Waals surface area contributed by atoms with Gasteiger partial charge in [-0.25, -0.2) is 9.38 Å². The molecule has 3 amide bonds. The first-order chi connectivity index (χ1) is 28.1. The van der Waals surface area contributed by atoms with Crippen LogP contribution in [0.25, 0.3) is 0 Å². The monoisotopic (exact) mass is 804 g/mol. The van der Waals surface area contributed by atoms with E-state index in [-0.39, 0.29) is 36.5 Å². The number of amides is 3. The number of ether oxygens (including phenoxy) is 1. The molecule has 1 N–H and O–H groups in total. The van der Waals surface area contributed by atoms with Crippen LogP contribution in [-0.2, 0) is 25.7 Å². The molecule has 2 aromatic carbocycles. The van der Waals surface area contributed by atoms with Gasteiger partial charge in [-0.05, 0) is 91.9 Å². The van der Waals surface area contributed by atoms with Gasteiger partial charge in [0.2, 0.25) is 17.7 Å². The number of anilines is 2. The molecule has 3 aromatic rings. The van der Waals surface area contributed by atoms with E-state index in [9.17, 15) is 18.8 Å². The summed E-state index contributed by atoms with van der Waals surface area (Å²) in [4.78, 5) is 57.2. The minimum Gasteiger partial charge on any atom is -0.378 e. The summed E-state index contributed by atoms with van der Waals surface area (Å²) in [6.07, 6.45) is 11.4. The lowest BCUT2D eigenvalue weighted by molar-refractivity contribution is -0.143. The number of thioether (sulfide) groups is 1. The van der Waals surface area contributed by atoms with Crippen LogP contribution in [0, 0.1) is 5.41 Å². The van der Waals surface area contributed by atoms with Gasteiger partial charge in [-0.15, -0.1) is 0 Å². The number of nitrogens with one attached hydrogen (secondary N) is 1. The molecule has 0 saturated carbocycles. The molecule has 12 heteroatoms. The maximum absolute atomic E-state index is 14.3. The highest BCUT2D eigenvalue weighted by atomic mass is 32.2. The Morgan fingerprint density at radius 1 is 1.09 bits per heavy atom. The Morgan fingerprint density at radius 3 is 2.53 bits per heavy atom. The van der Waals surface area contributed by atoms with Crippen molar-refractivity contribution in [3.05, 3.63) is 133 Å². The Kier molecular flexibility index (Phi) is 14.5. The molecule has 3 saturated heterocycles. The fourth-order valence-electron chi connectivity index (χ4n) is 7.42. The van der Waals surface area contributed by atoms with Crippen LogP contribution in [0.3, 0.4) is 0 Å². The van der Waals surface area contributed by atoms with Gasteiger partial charge in [0.1, 0.15) is 17.1 Å². The van der Waals surface area contributed by atoms with Crippen LogP contribution in [0.2, 0.25) is 0 Å². The van der Waals surface area contributed by atoms with Gasteiger partial charge in [0.25, 0.3) is 0 Å². The number of carbonyl (C=O) groups is 3. The standard InChI is InChI=1S/C46H53FN6O4S/c1-5-7-25-46(4,33(3)13-10-14-35(47)12-6-2)44(56)52-27-11-16-40(52)42(54)49-36-19-17-34(18-20-36)41-43(55)53(32-38-15-8-9-26-48-38)45(58-41)50-37-21-23-39(24-22-37)51-28-30-57-31-29-51/h6,8-10,12-13,15,17-24,26,40-41H,2-3,5,7,11,14,16,25,27-32H2,1,4H3,(H,49,54)/b13-10-,35-12+,50-45?/t40-,41?,46?/m0/s1. The Labute approximate surface area is 345 Å². The highest BCUT2D eigenvalue weighted by molar-refractivity contribution is 8.15. The number of carbonyl (C=O) groups excluding carboxylic acids is 3. The van der Waals surface area contributed by atoms with E-state index < -0.39 is 16.7 Å². The molecule has 0 bridgehead atoms. The number of allylic oxidation sites excluding steroid dienone is 5. The minimum atomic E-state index is -0.944. The Morgan fingerprint density at radius 2 is 1.84 bits per heavy atom. The number of likely N-dealkylation sites (tertiary alicyclic amines) is 1. The lowest BCUT2D eigenvalue weighted by Crippen LogP contribution is -2.49. The SMILES string of the molecule is C=C/C=C(/F)C/C=C\C(=C)C(C)(CCCC)C(=O)N1CCC[C@H]1C(=O)Nc1ccc(C2SC(=Nc3ccc(N4CCOCC4)cc3)N(Cc3ccccn3)C2=O)cc1. The quantitative estimate of drug-likeness (QED) is 0.144. The van der Waals surface area contributed by atoms with Gasteiger partial charge >= 0.3 is 0 Å². The van der Waals surface area contributed by atoms with E-state index in [1.165, 1.54) is 23.9 Å². The zero-order valence-electron chi connectivity index (χ0n) is 33.4. The van der Waals surface area contributed by atoms with Gasteiger partial charge in [0, 0.05) is 43.6 Å². The van der Waals surface area contributed by atoms with E-state index in [2.05, 4.69) is 47.4 Å². The maximum atomic E-state index is 14.3. The second-order valence-corrected chi connectivity index (χ2v) is 16.0. The number of rotatable bonds is 16. The van der Waals surface area contributed by atoms with E-state index in [4.69, 9.17) is 9.73 Å². The number of aromatic nitrogens is 1. The predicted molar refractivity (Wildman–Crippen MR) is 231 cm³/mol. The van der Waals surface area contributed by atoms with Crippen molar-refractivity contribution in [1.29, 1.82) is 0 Å². The van der Waals surface area contributed by atoms with Crippen LogP contribution < -0.4 is 10.2 Å². The summed E-state index contributed by atoms with van der Waals surface area (Å²) in [6, 6.07) is 20.3. The molecule has 0 radical (unpaired) electrons. The third-order valence-electron chi connectivity index (χ3n) is 10.9. The van der Waals surface area contributed by atoms with Crippen LogP contribution in [0.1, 0.15) is 68.9 Å². The first kappa shape index (κ1) is 42.3. The number of hydrogen-bond acceptors (Lipinski definition) is 8. The summed E-state index contributed by atoms with van der Waals surface area (Å²) in [7, 11) is 0. The number of amidine groups is 1. The molecular weight excluding hydrogens is 752 g/mol. The van der Waals surface area contributed by atoms with Crippen molar-refractivity contribution < 1.29 is 23.5 Å². The summed E-state index contributed by atoms with van der Waals surface area (Å²) in [5, 5.41) is 3.07. The van der Waals surface area contributed by atoms with Crippen molar-refractivity contribution in [3.63, 3.8) is 0 Å². The molecule has 10 nitrogen and oxygen atoms in total. The maximum Gasteiger partial charge on any atom is 0.247 e. The third kappa shape index (κ3) is 10.2. The van der Waals surface area contributed by atoms with Gasteiger partial charge in [-0.1, -0.05) is 81.1 Å². The number of aliphatic imine (C=N–C) groups is 1. The minimum absolute atomic E-state index is 0.0762. The third-order valence-corrected chi connectivity index (χ3v) is 12.1. The predicted octanol–water partition coefficient (Wildman–Crippen LogP) is 9.09. The van der Waals surface area contributed by atoms with Gasteiger partial charge in [0.05, 0.1) is 36.6 Å². The molecule has 3 atom stereocenters. The van der Waals surface area contributed by atoms with Crippen LogP contribution in [-0.4, -0.2) is 76.6 Å². The fourth-order valence-corrected chi connectivity index (χ4v) is 8.59. The van der Waals surface area contributed by atoms with Crippen molar-refractivity contribution in [2.24, 2.45) is 10.4 Å². The molecule has 58 heavy (non-hydrogen) atoms. The number of hydrogen-bond donors (Lipinski definition) is 1. The number of unbranched alkanes of at least 4 members (excludes halogenated alkanes) is 1. The summed E-state index contributed by atoms with van der Waals surface area (Å²) < 4.78 is 19.5. The molecule has 304 valence electrons. The van der Waals surface area contributed by atoms with E-state index >= 15 is 0 Å². The number of pyridine rings is 1. The van der Waals surface area contributed by atoms with E-state index in [1.807, 2.05) is 49.4 Å². The second-order valence-electron chi connectivity index (χ2n) is 14.9. The second kappa shape index (κ2) is 19.9. The molecule has 0 aliphatic carbocycles. The molecule has 3 aliphatic heterocycles. The average Bonchev–Trinajstić information content (AvgIpc) is 3.86. The smallest absolute Gasteiger partial charge is 0.247 e. The number of halogens is 1. The van der Waals surface area contributed by atoms with Crippen molar-refractivity contribution in [2.75, 3.05) is 43.1 Å². The molecule has 6 rings (SSSR count). The molecule has 2 unspecified atom stereocenters. The zero-order valence-corrected chi connectivity index (χ0v) is 34.3. The van der Waals surface area contributed by atoms with Crippen LogP contribution in [0.15, 0.2) is 127 Å². The summed E-state index contributed by atoms with van der Waals surface area (Å²) in [5.41, 5.74) is 3.60. The molecular formula is C46H53FN6O4S. The average molecular weight is 805 g/mol. The van der Waals surface area contributed by atoms with Crippen molar-refractivity contribution in [1.82, 2.24) is 14.8 Å². The van der Waals surface area contributed by atoms with E-state index in [0.717, 1.165) is 48.6 Å². The summed E-state index contributed by atoms with van der Waals surface area (Å²) in [6.45, 7) is 15.5. The normalized spacial score (nSPS) is 20.5. The van der Waals surface area contributed by atoms with Gasteiger partial charge in [-0.3, -0.25) is 24.3 Å². The molecule has 3 fully saturated rings. The number of morpholine rings is 1. The van der Waals surface area contributed by atoms with Gasteiger partial charge in [-0.2, -0.15) is 0 Å². The van der Waals surface area contributed by atoms with Gasteiger partial charge in [0.15, 0.2) is 5.17 Å². The highest BCUT2D eigenvalue weighted by Gasteiger charge is 2.44. The summed E-state index contributed by atoms with van der Waals surface area (Å²) in [5.74, 6) is -0.849. The molecule has 0 spiro atoms. The highest BCUT2D eigenvalue weighted by Crippen LogP contribution is 2.42. The first-order valence-corrected chi connectivity index (χ1v) is 20.9. The Balaban J connectivity index is 1.15. The molecule has 3 aliphatic rings. The Hall–Kier alpha value is -5.33. The fraction of sp³-hybridized carbons (Fsp3) is 0.370. The zero-order chi connectivity index (χ0) is 41.1. The Bertz CT molecular complexity index is 2030. The van der Waals surface area contributed by atoms with E-state index in [1.54, 1.807) is 40.3 Å². The summed E-state index contributed by atoms with van der Waals surface area (Å²) >= 11 is 1.39. The van der Waals surface area contributed by atoms with Crippen LogP contribution >= 0.6 is 11.8 Å². The van der Waals surface area contributed by atoms with Gasteiger partial charge < -0.3 is 19.9 Å². The topological polar surface area (TPSA) is 107 Å². The lowest BCUT2D eigenvalue weighted by atomic mass is 9.76. The number of nitrogens with zero attached hydrogens (tertiary/aromatic N) is 5. The largest absolute Gasteiger partial charge is 0.378 e. The molecule has 4 heterocycles. The first-order valence-electron chi connectivity index (χ1n) is 20.1. The van der Waals surface area contributed by atoms with Crippen molar-refractivity contribution in [3.8, 4) is 0 Å². The lowest BCUT2D eigenvalue weighted by Gasteiger charge is -2.36. The molecule has 1 aromatic heterocycles. The van der Waals surface area contributed by atoms with Crippen molar-refractivity contribution in [2.45, 2.75) is 70.2 Å². The van der Waals surface area contributed by atoms with Crippen LogP contribution in [0.4, 0.5) is 21.5 Å².